The van der Waals surface area contributed by atoms with Crippen LogP contribution < -0.4 is 10.4 Å². The van der Waals surface area contributed by atoms with Gasteiger partial charge in [-0.2, -0.15) is 0 Å². The van der Waals surface area contributed by atoms with Crippen molar-refractivity contribution < 1.29 is 13.6 Å². The first-order valence-corrected chi connectivity index (χ1v) is 8.79. The van der Waals surface area contributed by atoms with Gasteiger partial charge in [-0.1, -0.05) is 16.8 Å². The summed E-state index contributed by atoms with van der Waals surface area (Å²) in [7, 11) is 0. The van der Waals surface area contributed by atoms with Gasteiger partial charge < -0.3 is 13.6 Å². The van der Waals surface area contributed by atoms with Crippen LogP contribution in [0.25, 0.3) is 27.6 Å². The van der Waals surface area contributed by atoms with Crippen molar-refractivity contribution in [1.82, 2.24) is 15.0 Å². The molecule has 0 spiro atoms. The molecule has 5 rings (SSSR count). The lowest BCUT2D eigenvalue weighted by atomic mass is 10.1. The highest BCUT2D eigenvalue weighted by atomic mass is 35.5. The molecule has 0 aliphatic rings. The molecule has 5 aromatic rings. The average molecular weight is 394 g/mol. The van der Waals surface area contributed by atoms with E-state index in [1.807, 2.05) is 24.3 Å². The van der Waals surface area contributed by atoms with Crippen molar-refractivity contribution in [3.05, 3.63) is 82.1 Å². The van der Waals surface area contributed by atoms with Gasteiger partial charge in [0.25, 0.3) is 0 Å². The number of hydrogen-bond acceptors (Lipinski definition) is 6. The largest absolute Gasteiger partial charge is 0.480 e. The fourth-order valence-electron chi connectivity index (χ4n) is 2.97. The summed E-state index contributed by atoms with van der Waals surface area (Å²) in [5, 5.41) is 10.5. The summed E-state index contributed by atoms with van der Waals surface area (Å²) in [4.78, 5) is 11.7. The molecule has 3 heterocycles. The highest BCUT2D eigenvalue weighted by Gasteiger charge is 2.15. The zero-order valence-electron chi connectivity index (χ0n) is 14.3. The minimum atomic E-state index is -0.461. The van der Waals surface area contributed by atoms with Gasteiger partial charge in [0, 0.05) is 21.9 Å². The molecule has 0 saturated carbocycles. The highest BCUT2D eigenvalue weighted by molar-refractivity contribution is 6.30. The first-order chi connectivity index (χ1) is 13.7. The summed E-state index contributed by atoms with van der Waals surface area (Å²) in [5.41, 5.74) is 1.81. The molecule has 3 aromatic heterocycles. The molecule has 0 saturated heterocycles. The number of hydrogen-bond donors (Lipinski definition) is 0. The molecule has 0 N–H and O–H groups in total. The second-order valence-electron chi connectivity index (χ2n) is 6.14. The maximum atomic E-state index is 11.7. The van der Waals surface area contributed by atoms with Gasteiger partial charge in [0.1, 0.15) is 12.3 Å². The molecule has 28 heavy (non-hydrogen) atoms. The Morgan fingerprint density at radius 2 is 1.86 bits per heavy atom. The highest BCUT2D eigenvalue weighted by Crippen LogP contribution is 2.35. The van der Waals surface area contributed by atoms with E-state index in [1.54, 1.807) is 35.3 Å². The Kier molecular flexibility index (Phi) is 3.87. The van der Waals surface area contributed by atoms with E-state index in [-0.39, 0.29) is 6.61 Å². The third-order valence-electron chi connectivity index (χ3n) is 4.28. The summed E-state index contributed by atoms with van der Waals surface area (Å²) in [6, 6.07) is 14.0. The Morgan fingerprint density at radius 3 is 2.71 bits per heavy atom. The standard InChI is InChI=1S/C20H12ClN3O4/c21-14-2-4-16(5-3-14)24-10-15(22-23-24)11-27-20-18-13(7-8-26-18)9-12-1-6-17(25)28-19(12)20/h1-10H,11H2. The Balaban J connectivity index is 1.49. The normalized spacial score (nSPS) is 11.3. The summed E-state index contributed by atoms with van der Waals surface area (Å²) in [5.74, 6) is 0.358. The molecule has 0 amide bonds. The molecular weight excluding hydrogens is 382 g/mol. The monoisotopic (exact) mass is 393 g/mol. The fraction of sp³-hybridized carbons (Fsp3) is 0.0500. The van der Waals surface area contributed by atoms with E-state index >= 15 is 0 Å². The van der Waals surface area contributed by atoms with Crippen LogP contribution in [0, 0.1) is 0 Å². The van der Waals surface area contributed by atoms with Crippen LogP contribution in [0.15, 0.2) is 74.6 Å². The van der Waals surface area contributed by atoms with Gasteiger partial charge >= 0.3 is 5.63 Å². The van der Waals surface area contributed by atoms with Crippen molar-refractivity contribution >= 4 is 33.5 Å². The number of halogens is 1. The van der Waals surface area contributed by atoms with Crippen LogP contribution in [0.4, 0.5) is 0 Å². The van der Waals surface area contributed by atoms with Crippen molar-refractivity contribution in [2.75, 3.05) is 0 Å². The topological polar surface area (TPSA) is 83.3 Å². The van der Waals surface area contributed by atoms with Crippen molar-refractivity contribution in [1.29, 1.82) is 0 Å². The van der Waals surface area contributed by atoms with E-state index in [0.29, 0.717) is 27.6 Å². The maximum Gasteiger partial charge on any atom is 0.336 e. The molecule has 0 radical (unpaired) electrons. The Morgan fingerprint density at radius 1 is 1.04 bits per heavy atom. The number of rotatable bonds is 4. The predicted molar refractivity (Wildman–Crippen MR) is 103 cm³/mol. The number of aromatic nitrogens is 3. The molecule has 0 atom stereocenters. The van der Waals surface area contributed by atoms with Crippen molar-refractivity contribution in [3.63, 3.8) is 0 Å². The summed E-state index contributed by atoms with van der Waals surface area (Å²) >= 11 is 5.91. The first-order valence-electron chi connectivity index (χ1n) is 8.41. The predicted octanol–water partition coefficient (Wildman–Crippen LogP) is 4.35. The Labute approximate surface area is 162 Å². The van der Waals surface area contributed by atoms with Crippen LogP contribution in [0.5, 0.6) is 5.75 Å². The lowest BCUT2D eigenvalue weighted by Gasteiger charge is -2.07. The van der Waals surface area contributed by atoms with Gasteiger partial charge in [-0.3, -0.25) is 0 Å². The van der Waals surface area contributed by atoms with E-state index in [0.717, 1.165) is 16.5 Å². The second-order valence-corrected chi connectivity index (χ2v) is 6.57. The van der Waals surface area contributed by atoms with Gasteiger partial charge in [-0.25, -0.2) is 9.48 Å². The van der Waals surface area contributed by atoms with E-state index in [4.69, 9.17) is 25.2 Å². The molecule has 2 aromatic carbocycles. The molecule has 7 nitrogen and oxygen atoms in total. The number of fused-ring (bicyclic) bond motifs is 2. The molecule has 0 bridgehead atoms. The SMILES string of the molecule is O=c1ccc2cc3ccoc3c(OCc3cn(-c4ccc(Cl)cc4)nn3)c2o1. The van der Waals surface area contributed by atoms with Crippen LogP contribution in [-0.4, -0.2) is 15.0 Å². The van der Waals surface area contributed by atoms with E-state index in [9.17, 15) is 4.79 Å². The van der Waals surface area contributed by atoms with E-state index in [2.05, 4.69) is 10.3 Å². The summed E-state index contributed by atoms with van der Waals surface area (Å²) in [6.45, 7) is 0.126. The van der Waals surface area contributed by atoms with Crippen LogP contribution in [0.1, 0.15) is 5.69 Å². The smallest absolute Gasteiger partial charge is 0.336 e. The summed E-state index contributed by atoms with van der Waals surface area (Å²) in [6.07, 6.45) is 3.31. The van der Waals surface area contributed by atoms with Crippen molar-refractivity contribution in [3.8, 4) is 11.4 Å². The zero-order valence-corrected chi connectivity index (χ0v) is 15.1. The lowest BCUT2D eigenvalue weighted by molar-refractivity contribution is 0.298. The van der Waals surface area contributed by atoms with Crippen LogP contribution >= 0.6 is 11.6 Å². The van der Waals surface area contributed by atoms with Gasteiger partial charge in [-0.05, 0) is 42.5 Å². The lowest BCUT2D eigenvalue weighted by Crippen LogP contribution is -2.00. The first kappa shape index (κ1) is 16.6. The third kappa shape index (κ3) is 2.91. The maximum absolute atomic E-state index is 11.7. The minimum absolute atomic E-state index is 0.126. The van der Waals surface area contributed by atoms with Gasteiger partial charge in [0.15, 0.2) is 11.2 Å². The summed E-state index contributed by atoms with van der Waals surface area (Å²) < 4.78 is 18.4. The molecule has 0 unspecified atom stereocenters. The third-order valence-corrected chi connectivity index (χ3v) is 4.53. The Hall–Kier alpha value is -3.58. The fourth-order valence-corrected chi connectivity index (χ4v) is 3.09. The molecule has 0 fully saturated rings. The quantitative estimate of drug-likeness (QED) is 0.422. The molecule has 0 aliphatic carbocycles. The second kappa shape index (κ2) is 6.54. The number of nitrogens with zero attached hydrogens (tertiary/aromatic N) is 3. The van der Waals surface area contributed by atoms with Crippen molar-refractivity contribution in [2.45, 2.75) is 6.61 Å². The van der Waals surface area contributed by atoms with Crippen LogP contribution in [0.2, 0.25) is 5.02 Å². The van der Waals surface area contributed by atoms with Crippen molar-refractivity contribution in [2.24, 2.45) is 0 Å². The van der Waals surface area contributed by atoms with E-state index < -0.39 is 5.63 Å². The molecular formula is C20H12ClN3O4. The van der Waals surface area contributed by atoms with Gasteiger partial charge in [0.2, 0.25) is 5.75 Å². The van der Waals surface area contributed by atoms with Crippen LogP contribution in [0.3, 0.4) is 0 Å². The number of benzene rings is 2. The number of ether oxygens (including phenoxy) is 1. The van der Waals surface area contributed by atoms with Gasteiger partial charge in [-0.15, -0.1) is 5.10 Å². The molecule has 8 heteroatoms. The van der Waals surface area contributed by atoms with Gasteiger partial charge in [0.05, 0.1) is 18.1 Å². The zero-order chi connectivity index (χ0) is 19.1. The molecule has 0 aliphatic heterocycles. The Bertz CT molecular complexity index is 1350. The van der Waals surface area contributed by atoms with Crippen LogP contribution in [-0.2, 0) is 6.61 Å². The average Bonchev–Trinajstić information content (AvgIpc) is 3.35. The molecule has 138 valence electrons. The van der Waals surface area contributed by atoms with E-state index in [1.165, 1.54) is 6.07 Å². The minimum Gasteiger partial charge on any atom is -0.480 e. The number of furan rings is 1.